The van der Waals surface area contributed by atoms with Gasteiger partial charge >= 0.3 is 5.97 Å². The molecular formula is C12H17NO3S. The Bertz CT molecular complexity index is 362. The van der Waals surface area contributed by atoms with E-state index in [1.165, 1.54) is 11.3 Å². The molecule has 0 radical (unpaired) electrons. The Hall–Kier alpha value is -1.36. The monoisotopic (exact) mass is 255 g/mol. The molecule has 17 heavy (non-hydrogen) atoms. The maximum atomic E-state index is 11.6. The van der Waals surface area contributed by atoms with Crippen molar-refractivity contribution >= 4 is 23.2 Å². The number of nitrogens with one attached hydrogen (secondary N) is 1. The van der Waals surface area contributed by atoms with Crippen LogP contribution in [0.1, 0.15) is 36.5 Å². The molecule has 0 saturated carbocycles. The first kappa shape index (κ1) is 13.7. The number of carboxylic acids is 1. The zero-order valence-corrected chi connectivity index (χ0v) is 10.6. The van der Waals surface area contributed by atoms with Crippen LogP contribution in [0, 0.1) is 5.92 Å². The number of hydrogen-bond donors (Lipinski definition) is 2. The van der Waals surface area contributed by atoms with Gasteiger partial charge in [-0.3, -0.25) is 9.59 Å². The van der Waals surface area contributed by atoms with E-state index in [4.69, 9.17) is 5.11 Å². The third-order valence-electron chi connectivity index (χ3n) is 2.56. The molecule has 0 aliphatic heterocycles. The fraction of sp³-hybridized carbons (Fsp3) is 0.500. The second-order valence-electron chi connectivity index (χ2n) is 4.09. The molecule has 94 valence electrons. The molecule has 1 aromatic heterocycles. The molecule has 1 atom stereocenters. The van der Waals surface area contributed by atoms with Crippen molar-refractivity contribution in [2.45, 2.75) is 26.2 Å². The van der Waals surface area contributed by atoms with Gasteiger partial charge in [0.15, 0.2) is 0 Å². The topological polar surface area (TPSA) is 66.4 Å². The van der Waals surface area contributed by atoms with Crippen molar-refractivity contribution in [3.63, 3.8) is 0 Å². The number of amides is 1. The average Bonchev–Trinajstić information content (AvgIpc) is 2.79. The first-order valence-corrected chi connectivity index (χ1v) is 6.56. The molecule has 0 bridgehead atoms. The van der Waals surface area contributed by atoms with Gasteiger partial charge in [-0.15, -0.1) is 0 Å². The van der Waals surface area contributed by atoms with Crippen LogP contribution in [-0.4, -0.2) is 23.5 Å². The lowest BCUT2D eigenvalue weighted by molar-refractivity contribution is -0.137. The molecular weight excluding hydrogens is 238 g/mol. The number of hydrogen-bond acceptors (Lipinski definition) is 3. The number of carbonyl (C=O) groups excluding carboxylic acids is 1. The normalized spacial score (nSPS) is 12.1. The second kappa shape index (κ2) is 7.06. The fourth-order valence-corrected chi connectivity index (χ4v) is 2.08. The number of aliphatic carboxylic acids is 1. The van der Waals surface area contributed by atoms with Crippen LogP contribution in [-0.2, 0) is 4.79 Å². The lowest BCUT2D eigenvalue weighted by Gasteiger charge is -2.10. The van der Waals surface area contributed by atoms with E-state index in [1.807, 2.05) is 17.7 Å². The average molecular weight is 255 g/mol. The number of carbonyl (C=O) groups is 2. The van der Waals surface area contributed by atoms with Crippen molar-refractivity contribution in [2.75, 3.05) is 6.54 Å². The van der Waals surface area contributed by atoms with E-state index in [2.05, 4.69) is 5.32 Å². The summed E-state index contributed by atoms with van der Waals surface area (Å²) in [5.74, 6) is -0.510. The Morgan fingerprint density at radius 1 is 1.47 bits per heavy atom. The van der Waals surface area contributed by atoms with Gasteiger partial charge in [0.2, 0.25) is 0 Å². The molecule has 0 aliphatic rings. The van der Waals surface area contributed by atoms with E-state index in [1.54, 1.807) is 6.07 Å². The third kappa shape index (κ3) is 5.49. The summed E-state index contributed by atoms with van der Waals surface area (Å²) in [6.07, 6.45) is 1.66. The summed E-state index contributed by atoms with van der Waals surface area (Å²) in [6.45, 7) is 2.59. The van der Waals surface area contributed by atoms with Gasteiger partial charge in [-0.1, -0.05) is 6.92 Å². The molecule has 1 unspecified atom stereocenters. The van der Waals surface area contributed by atoms with Crippen molar-refractivity contribution in [3.05, 3.63) is 22.4 Å². The van der Waals surface area contributed by atoms with Crippen LogP contribution in [0.5, 0.6) is 0 Å². The van der Waals surface area contributed by atoms with Crippen LogP contribution in [0.3, 0.4) is 0 Å². The SMILES string of the molecule is CC(CCNC(=O)c1ccsc1)CCC(=O)O. The van der Waals surface area contributed by atoms with Gasteiger partial charge in [0, 0.05) is 23.9 Å². The van der Waals surface area contributed by atoms with Crippen molar-refractivity contribution < 1.29 is 14.7 Å². The summed E-state index contributed by atoms with van der Waals surface area (Å²) in [6, 6.07) is 1.79. The van der Waals surface area contributed by atoms with Crippen molar-refractivity contribution in [2.24, 2.45) is 5.92 Å². The maximum absolute atomic E-state index is 11.6. The lowest BCUT2D eigenvalue weighted by Crippen LogP contribution is -2.25. The molecule has 1 aromatic rings. The second-order valence-corrected chi connectivity index (χ2v) is 4.87. The first-order chi connectivity index (χ1) is 8.09. The predicted molar refractivity (Wildman–Crippen MR) is 67.3 cm³/mol. The highest BCUT2D eigenvalue weighted by Gasteiger charge is 2.08. The Balaban J connectivity index is 2.15. The van der Waals surface area contributed by atoms with E-state index in [0.29, 0.717) is 24.4 Å². The standard InChI is InChI=1S/C12H17NO3S/c1-9(2-3-11(14)15)4-6-13-12(16)10-5-7-17-8-10/h5,7-9H,2-4,6H2,1H3,(H,13,16)(H,14,15). The Kier molecular flexibility index (Phi) is 5.69. The van der Waals surface area contributed by atoms with Crippen LogP contribution in [0.2, 0.25) is 0 Å². The highest BCUT2D eigenvalue weighted by atomic mass is 32.1. The number of thiophene rings is 1. The minimum absolute atomic E-state index is 0.0586. The molecule has 2 N–H and O–H groups in total. The molecule has 0 spiro atoms. The van der Waals surface area contributed by atoms with Gasteiger partial charge < -0.3 is 10.4 Å². The van der Waals surface area contributed by atoms with Gasteiger partial charge in [-0.05, 0) is 30.2 Å². The smallest absolute Gasteiger partial charge is 0.303 e. The van der Waals surface area contributed by atoms with Crippen LogP contribution in [0.4, 0.5) is 0 Å². The summed E-state index contributed by atoms with van der Waals surface area (Å²) in [7, 11) is 0. The van der Waals surface area contributed by atoms with E-state index < -0.39 is 5.97 Å². The minimum Gasteiger partial charge on any atom is -0.481 e. The Morgan fingerprint density at radius 2 is 2.24 bits per heavy atom. The van der Waals surface area contributed by atoms with Crippen molar-refractivity contribution in [1.29, 1.82) is 0 Å². The highest BCUT2D eigenvalue weighted by molar-refractivity contribution is 7.08. The van der Waals surface area contributed by atoms with Gasteiger partial charge in [0.1, 0.15) is 0 Å². The van der Waals surface area contributed by atoms with E-state index >= 15 is 0 Å². The highest BCUT2D eigenvalue weighted by Crippen LogP contribution is 2.10. The first-order valence-electron chi connectivity index (χ1n) is 5.61. The van der Waals surface area contributed by atoms with Gasteiger partial charge in [-0.2, -0.15) is 11.3 Å². The third-order valence-corrected chi connectivity index (χ3v) is 3.24. The van der Waals surface area contributed by atoms with E-state index in [9.17, 15) is 9.59 Å². The van der Waals surface area contributed by atoms with Crippen molar-refractivity contribution in [1.82, 2.24) is 5.32 Å². The molecule has 4 nitrogen and oxygen atoms in total. The molecule has 0 saturated heterocycles. The zero-order chi connectivity index (χ0) is 12.7. The summed E-state index contributed by atoms with van der Waals surface area (Å²) >= 11 is 1.49. The van der Waals surface area contributed by atoms with Crippen LogP contribution >= 0.6 is 11.3 Å². The molecule has 0 fully saturated rings. The number of rotatable bonds is 7. The minimum atomic E-state index is -0.765. The molecule has 1 rings (SSSR count). The van der Waals surface area contributed by atoms with Crippen LogP contribution in [0.25, 0.3) is 0 Å². The van der Waals surface area contributed by atoms with E-state index in [-0.39, 0.29) is 12.3 Å². The largest absolute Gasteiger partial charge is 0.481 e. The quantitative estimate of drug-likeness (QED) is 0.786. The van der Waals surface area contributed by atoms with Gasteiger partial charge in [0.25, 0.3) is 5.91 Å². The molecule has 0 aliphatic carbocycles. The number of carboxylic acid groups (broad SMARTS) is 1. The fourth-order valence-electron chi connectivity index (χ4n) is 1.44. The molecule has 1 amide bonds. The van der Waals surface area contributed by atoms with Crippen LogP contribution < -0.4 is 5.32 Å². The predicted octanol–water partition coefficient (Wildman–Crippen LogP) is 2.37. The zero-order valence-electron chi connectivity index (χ0n) is 9.81. The lowest BCUT2D eigenvalue weighted by atomic mass is 10.0. The van der Waals surface area contributed by atoms with Crippen molar-refractivity contribution in [3.8, 4) is 0 Å². The summed E-state index contributed by atoms with van der Waals surface area (Å²) in [5, 5.41) is 15.0. The van der Waals surface area contributed by atoms with E-state index in [0.717, 1.165) is 6.42 Å². The maximum Gasteiger partial charge on any atom is 0.303 e. The summed E-state index contributed by atoms with van der Waals surface area (Å²) in [4.78, 5) is 21.9. The van der Waals surface area contributed by atoms with Gasteiger partial charge in [-0.25, -0.2) is 0 Å². The van der Waals surface area contributed by atoms with Crippen LogP contribution in [0.15, 0.2) is 16.8 Å². The Morgan fingerprint density at radius 3 is 2.82 bits per heavy atom. The molecule has 5 heteroatoms. The molecule has 1 heterocycles. The summed E-state index contributed by atoms with van der Waals surface area (Å²) in [5.41, 5.74) is 0.688. The van der Waals surface area contributed by atoms with Gasteiger partial charge in [0.05, 0.1) is 0 Å². The Labute approximate surface area is 105 Å². The summed E-state index contributed by atoms with van der Waals surface area (Å²) < 4.78 is 0. The molecule has 0 aromatic carbocycles.